The van der Waals surface area contributed by atoms with Gasteiger partial charge in [-0.25, -0.2) is 9.59 Å². The van der Waals surface area contributed by atoms with Crippen LogP contribution in [-0.2, 0) is 19.1 Å². The Bertz CT molecular complexity index is 388. The van der Waals surface area contributed by atoms with Crippen LogP contribution in [0.15, 0.2) is 25.3 Å². The number of rotatable bonds is 9. The van der Waals surface area contributed by atoms with E-state index in [1.807, 2.05) is 6.07 Å². The summed E-state index contributed by atoms with van der Waals surface area (Å²) in [5.41, 5.74) is -1.17. The van der Waals surface area contributed by atoms with Gasteiger partial charge in [-0.1, -0.05) is 13.2 Å². The number of carbonyl (C=O) groups excluding carboxylic acids is 2. The first kappa shape index (κ1) is 22.1. The Kier molecular flexibility index (Phi) is 13.8. The molecule has 0 rings (SSSR count). The van der Waals surface area contributed by atoms with E-state index in [-0.39, 0.29) is 19.6 Å². The SMILES string of the molecule is C=CC(=O)OCC(CO)(CO)CO.C=CC(=O)OCCC#N. The molecule has 0 bridgehead atoms. The molecule has 0 heterocycles. The maximum atomic E-state index is 10.6. The van der Waals surface area contributed by atoms with Crippen molar-refractivity contribution in [2.75, 3.05) is 33.0 Å². The molecule has 0 aromatic carbocycles. The predicted molar refractivity (Wildman–Crippen MR) is 76.2 cm³/mol. The highest BCUT2D eigenvalue weighted by atomic mass is 16.5. The Labute approximate surface area is 128 Å². The minimum atomic E-state index is -1.17. The first-order valence-corrected chi connectivity index (χ1v) is 6.23. The molecule has 0 saturated heterocycles. The van der Waals surface area contributed by atoms with Crippen molar-refractivity contribution < 1.29 is 34.4 Å². The molecule has 0 aromatic heterocycles. The first-order valence-electron chi connectivity index (χ1n) is 6.23. The largest absolute Gasteiger partial charge is 0.462 e. The lowest BCUT2D eigenvalue weighted by Gasteiger charge is -2.26. The number of carbonyl (C=O) groups is 2. The highest BCUT2D eigenvalue weighted by molar-refractivity contribution is 5.81. The second-order valence-corrected chi connectivity index (χ2v) is 4.07. The Balaban J connectivity index is 0. The van der Waals surface area contributed by atoms with Crippen LogP contribution < -0.4 is 0 Å². The summed E-state index contributed by atoms with van der Waals surface area (Å²) in [6.45, 7) is 4.92. The van der Waals surface area contributed by atoms with Gasteiger partial charge in [-0.05, 0) is 0 Å². The van der Waals surface area contributed by atoms with Gasteiger partial charge in [-0.3, -0.25) is 0 Å². The van der Waals surface area contributed by atoms with Gasteiger partial charge >= 0.3 is 11.9 Å². The topological polar surface area (TPSA) is 137 Å². The molecule has 0 aliphatic heterocycles. The molecule has 0 atom stereocenters. The molecule has 0 saturated carbocycles. The van der Waals surface area contributed by atoms with Gasteiger partial charge in [-0.15, -0.1) is 0 Å². The van der Waals surface area contributed by atoms with Crippen LogP contribution in [0.3, 0.4) is 0 Å². The molecule has 0 amide bonds. The van der Waals surface area contributed by atoms with Crippen LogP contribution in [0.5, 0.6) is 0 Å². The lowest BCUT2D eigenvalue weighted by Crippen LogP contribution is -2.39. The molecular formula is C14H21NO7. The van der Waals surface area contributed by atoms with Gasteiger partial charge in [0, 0.05) is 12.2 Å². The summed E-state index contributed by atoms with van der Waals surface area (Å²) in [5, 5.41) is 34.5. The van der Waals surface area contributed by atoms with E-state index < -0.39 is 37.2 Å². The number of hydrogen-bond donors (Lipinski definition) is 3. The van der Waals surface area contributed by atoms with E-state index in [4.69, 9.17) is 20.6 Å². The quantitative estimate of drug-likeness (QED) is 0.289. The summed E-state index contributed by atoms with van der Waals surface area (Å²) in [6.07, 6.45) is 2.27. The third-order valence-electron chi connectivity index (χ3n) is 2.32. The third-order valence-corrected chi connectivity index (χ3v) is 2.32. The second kappa shape index (κ2) is 13.8. The standard InChI is InChI=1S/C8H14O5.C6H7NO2/c1-2-7(12)13-6-8(3-9,4-10)5-11;1-2-6(8)9-5-3-4-7/h2,9-11H,1,3-6H2;2H,1,3,5H2. The van der Waals surface area contributed by atoms with Crippen molar-refractivity contribution in [3.05, 3.63) is 25.3 Å². The van der Waals surface area contributed by atoms with E-state index in [0.29, 0.717) is 0 Å². The number of aliphatic hydroxyl groups is 3. The summed E-state index contributed by atoms with van der Waals surface area (Å²) in [4.78, 5) is 20.9. The van der Waals surface area contributed by atoms with Crippen LogP contribution in [0.4, 0.5) is 0 Å². The normalized spacial score (nSPS) is 9.55. The van der Waals surface area contributed by atoms with E-state index in [1.165, 1.54) is 0 Å². The first-order chi connectivity index (χ1) is 10.4. The number of aliphatic hydroxyl groups excluding tert-OH is 3. The lowest BCUT2D eigenvalue weighted by atomic mass is 9.93. The zero-order valence-electron chi connectivity index (χ0n) is 12.2. The van der Waals surface area contributed by atoms with Gasteiger partial charge in [0.05, 0.1) is 37.7 Å². The van der Waals surface area contributed by atoms with E-state index in [9.17, 15) is 9.59 Å². The van der Waals surface area contributed by atoms with E-state index in [1.54, 1.807) is 0 Å². The molecule has 3 N–H and O–H groups in total. The van der Waals surface area contributed by atoms with Gasteiger partial charge < -0.3 is 24.8 Å². The predicted octanol–water partition coefficient (Wildman–Crippen LogP) is -0.692. The van der Waals surface area contributed by atoms with Crippen LogP contribution in [-0.4, -0.2) is 60.3 Å². The van der Waals surface area contributed by atoms with Crippen molar-refractivity contribution in [2.24, 2.45) is 5.41 Å². The Hall–Kier alpha value is -2.21. The van der Waals surface area contributed by atoms with E-state index in [0.717, 1.165) is 12.2 Å². The highest BCUT2D eigenvalue weighted by Gasteiger charge is 2.29. The Morgan fingerprint density at radius 2 is 1.50 bits per heavy atom. The Morgan fingerprint density at radius 1 is 1.05 bits per heavy atom. The van der Waals surface area contributed by atoms with Gasteiger partial charge in [0.2, 0.25) is 0 Å². The van der Waals surface area contributed by atoms with Gasteiger partial charge in [0.15, 0.2) is 0 Å². The number of nitriles is 1. The summed E-state index contributed by atoms with van der Waals surface area (Å²) in [7, 11) is 0. The molecule has 0 spiro atoms. The number of nitrogens with zero attached hydrogens (tertiary/aromatic N) is 1. The average Bonchev–Trinajstić information content (AvgIpc) is 2.57. The van der Waals surface area contributed by atoms with Crippen LogP contribution in [0.2, 0.25) is 0 Å². The fourth-order valence-electron chi connectivity index (χ4n) is 0.826. The van der Waals surface area contributed by atoms with Crippen molar-refractivity contribution >= 4 is 11.9 Å². The molecule has 124 valence electrons. The molecule has 0 fully saturated rings. The molecule has 0 aromatic rings. The number of ether oxygens (including phenoxy) is 2. The fourth-order valence-corrected chi connectivity index (χ4v) is 0.826. The van der Waals surface area contributed by atoms with E-state index in [2.05, 4.69) is 22.6 Å². The number of hydrogen-bond acceptors (Lipinski definition) is 8. The van der Waals surface area contributed by atoms with Crippen molar-refractivity contribution in [2.45, 2.75) is 6.42 Å². The van der Waals surface area contributed by atoms with Crippen molar-refractivity contribution in [3.63, 3.8) is 0 Å². The van der Waals surface area contributed by atoms with Gasteiger partial charge in [0.25, 0.3) is 0 Å². The molecule has 0 unspecified atom stereocenters. The zero-order valence-corrected chi connectivity index (χ0v) is 12.2. The van der Waals surface area contributed by atoms with Crippen LogP contribution in [0.1, 0.15) is 6.42 Å². The summed E-state index contributed by atoms with van der Waals surface area (Å²) < 4.78 is 9.04. The Morgan fingerprint density at radius 3 is 1.86 bits per heavy atom. The average molecular weight is 315 g/mol. The molecule has 22 heavy (non-hydrogen) atoms. The van der Waals surface area contributed by atoms with E-state index >= 15 is 0 Å². The molecule has 0 aliphatic rings. The molecule has 8 nitrogen and oxygen atoms in total. The summed E-state index contributed by atoms with van der Waals surface area (Å²) in [5.74, 6) is -1.13. The van der Waals surface area contributed by atoms with Crippen molar-refractivity contribution in [3.8, 4) is 6.07 Å². The fraction of sp³-hybridized carbons (Fsp3) is 0.500. The summed E-state index contributed by atoms with van der Waals surface area (Å²) in [6, 6.07) is 1.84. The molecule has 0 aliphatic carbocycles. The molecular weight excluding hydrogens is 294 g/mol. The van der Waals surface area contributed by atoms with Crippen LogP contribution in [0, 0.1) is 16.7 Å². The minimum Gasteiger partial charge on any atom is -0.462 e. The van der Waals surface area contributed by atoms with Crippen LogP contribution in [0.25, 0.3) is 0 Å². The van der Waals surface area contributed by atoms with Crippen molar-refractivity contribution in [1.29, 1.82) is 5.26 Å². The van der Waals surface area contributed by atoms with Crippen molar-refractivity contribution in [1.82, 2.24) is 0 Å². The smallest absolute Gasteiger partial charge is 0.330 e. The lowest BCUT2D eigenvalue weighted by molar-refractivity contribution is -0.145. The highest BCUT2D eigenvalue weighted by Crippen LogP contribution is 2.14. The summed E-state index contributed by atoms with van der Waals surface area (Å²) >= 11 is 0. The molecule has 0 radical (unpaired) electrons. The third kappa shape index (κ3) is 10.6. The van der Waals surface area contributed by atoms with Crippen LogP contribution >= 0.6 is 0 Å². The number of esters is 2. The monoisotopic (exact) mass is 315 g/mol. The van der Waals surface area contributed by atoms with Gasteiger partial charge in [-0.2, -0.15) is 5.26 Å². The zero-order chi connectivity index (χ0) is 17.4. The minimum absolute atomic E-state index is 0.154. The molecule has 8 heteroatoms. The maximum absolute atomic E-state index is 10.6. The second-order valence-electron chi connectivity index (χ2n) is 4.07. The maximum Gasteiger partial charge on any atom is 0.330 e. The van der Waals surface area contributed by atoms with Gasteiger partial charge in [0.1, 0.15) is 13.2 Å².